The summed E-state index contributed by atoms with van der Waals surface area (Å²) < 4.78 is 9.07. The fourth-order valence-corrected chi connectivity index (χ4v) is 10.9. The number of hydrogen-bond acceptors (Lipinski definition) is 2. The molecule has 0 saturated carbocycles. The highest BCUT2D eigenvalue weighted by atomic mass is 16.3. The average Bonchev–Trinajstić information content (AvgIpc) is 4.00. The Morgan fingerprint density at radius 2 is 0.859 bits per heavy atom. The van der Waals surface area contributed by atoms with E-state index in [9.17, 15) is 0 Å². The topological polar surface area (TPSA) is 21.3 Å². The summed E-state index contributed by atoms with van der Waals surface area (Å²) in [6, 6.07) is 96.8. The molecule has 0 atom stereocenters. The second kappa shape index (κ2) is 16.7. The van der Waals surface area contributed by atoms with Gasteiger partial charge >= 0.3 is 0 Å². The fraction of sp³-hybridized carbons (Fsp3) is 0. The first-order valence-corrected chi connectivity index (χ1v) is 24.3. The number of anilines is 3. The summed E-state index contributed by atoms with van der Waals surface area (Å²) in [6.07, 6.45) is 0. The largest absolute Gasteiger partial charge is 0.455 e. The number of aromatic nitrogens is 1. The first-order valence-electron chi connectivity index (χ1n) is 24.3. The lowest BCUT2D eigenvalue weighted by Gasteiger charge is -2.29. The van der Waals surface area contributed by atoms with Crippen LogP contribution < -0.4 is 4.90 Å². The summed E-state index contributed by atoms with van der Waals surface area (Å²) in [6.45, 7) is 0. The predicted octanol–water partition coefficient (Wildman–Crippen LogP) is 19.1. The quantitative estimate of drug-likeness (QED) is 0.151. The first-order chi connectivity index (χ1) is 35.2. The molecular weight excluding hydrogens is 861 g/mol. The third-order valence-electron chi connectivity index (χ3n) is 14.3. The van der Waals surface area contributed by atoms with E-state index < -0.39 is 0 Å². The number of nitrogens with zero attached hydrogens (tertiary/aromatic N) is 2. The van der Waals surface area contributed by atoms with Gasteiger partial charge in [0, 0.05) is 49.6 Å². The molecule has 0 aliphatic heterocycles. The molecule has 0 bridgehead atoms. The van der Waals surface area contributed by atoms with Gasteiger partial charge in [0.05, 0.1) is 16.7 Å². The lowest BCUT2D eigenvalue weighted by molar-refractivity contribution is 0.673. The van der Waals surface area contributed by atoms with E-state index in [4.69, 9.17) is 4.42 Å². The van der Waals surface area contributed by atoms with Crippen LogP contribution in [0.25, 0.3) is 115 Å². The Morgan fingerprint density at radius 1 is 0.296 bits per heavy atom. The molecule has 2 aromatic heterocycles. The Hall–Kier alpha value is -9.44. The number of para-hydroxylation sites is 2. The maximum atomic E-state index is 6.68. The van der Waals surface area contributed by atoms with E-state index in [1.165, 1.54) is 43.5 Å². The zero-order valence-corrected chi connectivity index (χ0v) is 38.7. The van der Waals surface area contributed by atoms with Crippen molar-refractivity contribution in [1.29, 1.82) is 0 Å². The summed E-state index contributed by atoms with van der Waals surface area (Å²) in [5, 5.41) is 9.52. The van der Waals surface area contributed by atoms with Crippen LogP contribution in [0.4, 0.5) is 17.1 Å². The van der Waals surface area contributed by atoms with Gasteiger partial charge in [0.2, 0.25) is 0 Å². The molecule has 0 spiro atoms. The molecule has 2 heterocycles. The molecule has 14 rings (SSSR count). The highest BCUT2D eigenvalue weighted by Crippen LogP contribution is 2.45. The van der Waals surface area contributed by atoms with Gasteiger partial charge in [0.1, 0.15) is 11.2 Å². The van der Waals surface area contributed by atoms with Crippen LogP contribution in [0.3, 0.4) is 0 Å². The van der Waals surface area contributed by atoms with Crippen LogP contribution >= 0.6 is 0 Å². The maximum absolute atomic E-state index is 6.68. The average molecular weight is 905 g/mol. The third-order valence-corrected chi connectivity index (χ3v) is 14.3. The van der Waals surface area contributed by atoms with E-state index in [1.807, 2.05) is 0 Å². The molecule has 71 heavy (non-hydrogen) atoms. The molecule has 12 aromatic carbocycles. The molecule has 0 N–H and O–H groups in total. The SMILES string of the molecule is c1ccc(-c2cc(-c3ccc4ccccc4c3)ccc2N(c2ccc(-c3cccc(-n4c5ccccc5c5ccccc54)c3)cc2)c2cccc(-c3ccc4c(c3)oc3c5ccccc5ccc43)c2)cc1. The minimum absolute atomic E-state index is 0.879. The molecule has 0 amide bonds. The maximum Gasteiger partial charge on any atom is 0.143 e. The van der Waals surface area contributed by atoms with E-state index in [1.54, 1.807) is 0 Å². The number of benzene rings is 12. The Morgan fingerprint density at radius 3 is 1.66 bits per heavy atom. The van der Waals surface area contributed by atoms with E-state index in [0.29, 0.717) is 0 Å². The Bertz CT molecular complexity index is 4300. The van der Waals surface area contributed by atoms with Gasteiger partial charge in [-0.2, -0.15) is 0 Å². The molecule has 14 aromatic rings. The lowest BCUT2D eigenvalue weighted by atomic mass is 9.94. The number of fused-ring (bicyclic) bond motifs is 9. The minimum Gasteiger partial charge on any atom is -0.455 e. The van der Waals surface area contributed by atoms with Crippen LogP contribution in [0.5, 0.6) is 0 Å². The van der Waals surface area contributed by atoms with E-state index in [2.05, 4.69) is 276 Å². The van der Waals surface area contributed by atoms with Gasteiger partial charge < -0.3 is 13.9 Å². The van der Waals surface area contributed by atoms with Gasteiger partial charge in [-0.05, 0) is 140 Å². The van der Waals surface area contributed by atoms with Gasteiger partial charge in [0.25, 0.3) is 0 Å². The number of hydrogen-bond donors (Lipinski definition) is 0. The van der Waals surface area contributed by atoms with Crippen LogP contribution in [0.15, 0.2) is 271 Å². The van der Waals surface area contributed by atoms with Crippen LogP contribution in [-0.4, -0.2) is 4.57 Å². The number of furan rings is 1. The first kappa shape index (κ1) is 40.6. The summed E-state index contributed by atoms with van der Waals surface area (Å²) >= 11 is 0. The Balaban J connectivity index is 0.911. The molecule has 332 valence electrons. The highest BCUT2D eigenvalue weighted by Gasteiger charge is 2.21. The van der Waals surface area contributed by atoms with Crippen molar-refractivity contribution >= 4 is 82.4 Å². The minimum atomic E-state index is 0.879. The highest BCUT2D eigenvalue weighted by molar-refractivity contribution is 6.15. The van der Waals surface area contributed by atoms with E-state index in [0.717, 1.165) is 89.0 Å². The Kier molecular flexibility index (Phi) is 9.53. The monoisotopic (exact) mass is 904 g/mol. The smallest absolute Gasteiger partial charge is 0.143 e. The predicted molar refractivity (Wildman–Crippen MR) is 299 cm³/mol. The Labute approximate surface area is 411 Å². The van der Waals surface area contributed by atoms with Crippen molar-refractivity contribution in [1.82, 2.24) is 4.57 Å². The summed E-state index contributed by atoms with van der Waals surface area (Å²) in [5.41, 5.74) is 17.7. The molecule has 3 nitrogen and oxygen atoms in total. The van der Waals surface area contributed by atoms with Gasteiger partial charge in [-0.25, -0.2) is 0 Å². The van der Waals surface area contributed by atoms with E-state index in [-0.39, 0.29) is 0 Å². The molecule has 0 saturated heterocycles. The fourth-order valence-electron chi connectivity index (χ4n) is 10.9. The van der Waals surface area contributed by atoms with Crippen LogP contribution in [0.1, 0.15) is 0 Å². The molecule has 0 aliphatic rings. The molecule has 0 radical (unpaired) electrons. The van der Waals surface area contributed by atoms with Crippen LogP contribution in [0.2, 0.25) is 0 Å². The van der Waals surface area contributed by atoms with Crippen molar-refractivity contribution in [3.8, 4) is 50.2 Å². The van der Waals surface area contributed by atoms with Gasteiger partial charge in [-0.3, -0.25) is 0 Å². The molecule has 0 fully saturated rings. The molecule has 0 unspecified atom stereocenters. The van der Waals surface area contributed by atoms with Crippen molar-refractivity contribution in [3.05, 3.63) is 267 Å². The summed E-state index contributed by atoms with van der Waals surface area (Å²) in [7, 11) is 0. The van der Waals surface area contributed by atoms with Crippen molar-refractivity contribution in [2.75, 3.05) is 4.90 Å². The second-order valence-corrected chi connectivity index (χ2v) is 18.5. The number of rotatable bonds is 8. The van der Waals surface area contributed by atoms with Gasteiger partial charge in [-0.1, -0.05) is 182 Å². The van der Waals surface area contributed by atoms with E-state index >= 15 is 0 Å². The van der Waals surface area contributed by atoms with Gasteiger partial charge in [-0.15, -0.1) is 0 Å². The van der Waals surface area contributed by atoms with Crippen LogP contribution in [-0.2, 0) is 0 Å². The molecular formula is C68H44N2O. The third kappa shape index (κ3) is 6.97. The van der Waals surface area contributed by atoms with Crippen molar-refractivity contribution < 1.29 is 4.42 Å². The summed E-state index contributed by atoms with van der Waals surface area (Å²) in [5.74, 6) is 0. The van der Waals surface area contributed by atoms with Gasteiger partial charge in [0.15, 0.2) is 0 Å². The lowest BCUT2D eigenvalue weighted by Crippen LogP contribution is -2.11. The van der Waals surface area contributed by atoms with Crippen molar-refractivity contribution in [2.24, 2.45) is 0 Å². The zero-order valence-electron chi connectivity index (χ0n) is 38.7. The normalized spacial score (nSPS) is 11.7. The van der Waals surface area contributed by atoms with Crippen LogP contribution in [0, 0.1) is 0 Å². The summed E-state index contributed by atoms with van der Waals surface area (Å²) in [4.78, 5) is 2.42. The van der Waals surface area contributed by atoms with Crippen molar-refractivity contribution in [3.63, 3.8) is 0 Å². The molecule has 3 heteroatoms. The zero-order chi connectivity index (χ0) is 46.8. The second-order valence-electron chi connectivity index (χ2n) is 18.5. The van der Waals surface area contributed by atoms with Crippen molar-refractivity contribution in [2.45, 2.75) is 0 Å². The molecule has 0 aliphatic carbocycles. The standard InChI is InChI=1S/C68H44N2O/c1-2-15-47(16-3-1)63-43-53(52-29-28-45-14-4-5-18-49(45)40-52)34-39-66(63)69(56-21-13-20-51(42-56)54-33-37-61-62-38-32-48-17-6-7-23-58(48)68(62)71-67(61)44-54)55-35-30-46(31-36-55)50-19-12-22-57(41-50)70-64-26-10-8-24-59(64)60-25-9-11-27-65(60)70/h1-44H.